The first-order valence-electron chi connectivity index (χ1n) is 8.48. The molecule has 132 valence electrons. The third-order valence-electron chi connectivity index (χ3n) is 4.23. The predicted octanol–water partition coefficient (Wildman–Crippen LogP) is 4.10. The molecule has 0 spiro atoms. The minimum atomic E-state index is -0.157. The van der Waals surface area contributed by atoms with Crippen LogP contribution in [0.5, 0.6) is 5.75 Å². The van der Waals surface area contributed by atoms with Crippen molar-refractivity contribution in [2.45, 2.75) is 38.4 Å². The van der Waals surface area contributed by atoms with Gasteiger partial charge in [-0.1, -0.05) is 42.5 Å². The van der Waals surface area contributed by atoms with E-state index < -0.39 is 0 Å². The molecule has 2 aromatic rings. The van der Waals surface area contributed by atoms with Crippen LogP contribution in [0.1, 0.15) is 18.1 Å². The van der Waals surface area contributed by atoms with Gasteiger partial charge in [-0.15, -0.1) is 0 Å². The molecule has 4 heteroatoms. The van der Waals surface area contributed by atoms with Crippen molar-refractivity contribution >= 4 is 0 Å². The highest BCUT2D eigenvalue weighted by Crippen LogP contribution is 2.22. The minimum Gasteiger partial charge on any atom is -0.497 e. The molecule has 3 rings (SSSR count). The van der Waals surface area contributed by atoms with Gasteiger partial charge in [-0.2, -0.15) is 0 Å². The van der Waals surface area contributed by atoms with Crippen molar-refractivity contribution in [3.8, 4) is 5.75 Å². The molecule has 0 amide bonds. The molecule has 1 aliphatic rings. The summed E-state index contributed by atoms with van der Waals surface area (Å²) >= 11 is 0. The van der Waals surface area contributed by atoms with Crippen LogP contribution in [-0.4, -0.2) is 25.4 Å². The van der Waals surface area contributed by atoms with Crippen LogP contribution < -0.4 is 4.74 Å². The van der Waals surface area contributed by atoms with E-state index in [1.165, 1.54) is 0 Å². The Labute approximate surface area is 149 Å². The standard InChI is InChI=1S/C21H24O4/c1-16-21(25-15-18-8-10-19(22-2)11-9-18)20(12-13-23-16)24-14-17-6-4-3-5-7-17/h3-13,16,20-21H,14-15H2,1-2H3/t16-,20+,21-/m1/s1. The average molecular weight is 340 g/mol. The van der Waals surface area contributed by atoms with Crippen molar-refractivity contribution in [1.29, 1.82) is 0 Å². The molecule has 0 unspecified atom stereocenters. The third-order valence-corrected chi connectivity index (χ3v) is 4.23. The lowest BCUT2D eigenvalue weighted by molar-refractivity contribution is -0.125. The molecule has 0 aliphatic carbocycles. The van der Waals surface area contributed by atoms with Gasteiger partial charge in [0.05, 0.1) is 26.6 Å². The molecule has 1 aliphatic heterocycles. The average Bonchev–Trinajstić information content (AvgIpc) is 2.67. The van der Waals surface area contributed by atoms with Crippen LogP contribution in [0.4, 0.5) is 0 Å². The number of hydrogen-bond acceptors (Lipinski definition) is 4. The van der Waals surface area contributed by atoms with Gasteiger partial charge in [0.25, 0.3) is 0 Å². The van der Waals surface area contributed by atoms with E-state index in [1.54, 1.807) is 13.4 Å². The Kier molecular flexibility index (Phi) is 6.09. The Bertz CT molecular complexity index is 666. The second-order valence-corrected chi connectivity index (χ2v) is 6.05. The van der Waals surface area contributed by atoms with E-state index in [0.717, 1.165) is 16.9 Å². The fraction of sp³-hybridized carbons (Fsp3) is 0.333. The highest BCUT2D eigenvalue weighted by Gasteiger charge is 2.31. The Morgan fingerprint density at radius 1 is 0.880 bits per heavy atom. The Hall–Kier alpha value is -2.30. The Morgan fingerprint density at radius 3 is 2.28 bits per heavy atom. The fourth-order valence-corrected chi connectivity index (χ4v) is 2.76. The van der Waals surface area contributed by atoms with E-state index in [0.29, 0.717) is 13.2 Å². The second-order valence-electron chi connectivity index (χ2n) is 6.05. The maximum atomic E-state index is 6.11. The fourth-order valence-electron chi connectivity index (χ4n) is 2.76. The van der Waals surface area contributed by atoms with Crippen LogP contribution in [-0.2, 0) is 27.4 Å². The second kappa shape index (κ2) is 8.70. The zero-order chi connectivity index (χ0) is 17.5. The van der Waals surface area contributed by atoms with E-state index in [4.69, 9.17) is 18.9 Å². The van der Waals surface area contributed by atoms with E-state index in [-0.39, 0.29) is 18.3 Å². The number of methoxy groups -OCH3 is 1. The van der Waals surface area contributed by atoms with Crippen molar-refractivity contribution in [3.05, 3.63) is 78.1 Å². The van der Waals surface area contributed by atoms with Gasteiger partial charge in [0.2, 0.25) is 0 Å². The highest BCUT2D eigenvalue weighted by atomic mass is 16.6. The Balaban J connectivity index is 1.59. The first-order valence-corrected chi connectivity index (χ1v) is 8.48. The molecule has 0 saturated carbocycles. The van der Waals surface area contributed by atoms with Crippen LogP contribution in [0.25, 0.3) is 0 Å². The quantitative estimate of drug-likeness (QED) is 0.760. The number of rotatable bonds is 7. The molecular formula is C21H24O4. The van der Waals surface area contributed by atoms with Crippen molar-refractivity contribution in [1.82, 2.24) is 0 Å². The summed E-state index contributed by atoms with van der Waals surface area (Å²) in [6.45, 7) is 3.05. The lowest BCUT2D eigenvalue weighted by atomic mass is 10.1. The van der Waals surface area contributed by atoms with Gasteiger partial charge in [0.1, 0.15) is 24.1 Å². The number of hydrogen-bond donors (Lipinski definition) is 0. The molecule has 3 atom stereocenters. The topological polar surface area (TPSA) is 36.9 Å². The van der Waals surface area contributed by atoms with Gasteiger partial charge in [0, 0.05) is 0 Å². The maximum Gasteiger partial charge on any atom is 0.124 e. The molecule has 0 saturated heterocycles. The highest BCUT2D eigenvalue weighted by molar-refractivity contribution is 5.26. The summed E-state index contributed by atoms with van der Waals surface area (Å²) in [5.41, 5.74) is 2.23. The van der Waals surface area contributed by atoms with Crippen molar-refractivity contribution in [3.63, 3.8) is 0 Å². The number of ether oxygens (including phenoxy) is 4. The lowest BCUT2D eigenvalue weighted by Crippen LogP contribution is -2.42. The summed E-state index contributed by atoms with van der Waals surface area (Å²) in [6.07, 6.45) is 3.26. The van der Waals surface area contributed by atoms with Gasteiger partial charge in [-0.3, -0.25) is 0 Å². The van der Waals surface area contributed by atoms with Crippen molar-refractivity contribution < 1.29 is 18.9 Å². The van der Waals surface area contributed by atoms with E-state index in [2.05, 4.69) is 12.1 Å². The molecule has 25 heavy (non-hydrogen) atoms. The van der Waals surface area contributed by atoms with E-state index in [1.807, 2.05) is 55.5 Å². The van der Waals surface area contributed by atoms with E-state index >= 15 is 0 Å². The minimum absolute atomic E-state index is 0.0657. The zero-order valence-corrected chi connectivity index (χ0v) is 14.6. The van der Waals surface area contributed by atoms with Crippen LogP contribution in [0.3, 0.4) is 0 Å². The molecule has 4 nitrogen and oxygen atoms in total. The van der Waals surface area contributed by atoms with Crippen LogP contribution in [0.15, 0.2) is 66.9 Å². The van der Waals surface area contributed by atoms with Crippen LogP contribution in [0.2, 0.25) is 0 Å². The third kappa shape index (κ3) is 4.84. The Morgan fingerprint density at radius 2 is 1.56 bits per heavy atom. The molecule has 2 aromatic carbocycles. The van der Waals surface area contributed by atoms with E-state index in [9.17, 15) is 0 Å². The smallest absolute Gasteiger partial charge is 0.124 e. The molecule has 0 radical (unpaired) electrons. The summed E-state index contributed by atoms with van der Waals surface area (Å²) in [7, 11) is 1.66. The first-order chi connectivity index (χ1) is 12.3. The maximum absolute atomic E-state index is 6.11. The summed E-state index contributed by atoms with van der Waals surface area (Å²) < 4.78 is 23.0. The van der Waals surface area contributed by atoms with Crippen molar-refractivity contribution in [2.75, 3.05) is 7.11 Å². The van der Waals surface area contributed by atoms with Crippen LogP contribution in [0, 0.1) is 0 Å². The van der Waals surface area contributed by atoms with Gasteiger partial charge < -0.3 is 18.9 Å². The summed E-state index contributed by atoms with van der Waals surface area (Å²) in [6, 6.07) is 18.0. The summed E-state index contributed by atoms with van der Waals surface area (Å²) in [5.74, 6) is 0.838. The molecule has 1 heterocycles. The van der Waals surface area contributed by atoms with Gasteiger partial charge in [-0.25, -0.2) is 0 Å². The van der Waals surface area contributed by atoms with Gasteiger partial charge >= 0.3 is 0 Å². The molecule has 0 bridgehead atoms. The van der Waals surface area contributed by atoms with Crippen molar-refractivity contribution in [2.24, 2.45) is 0 Å². The number of benzene rings is 2. The molecule has 0 fully saturated rings. The first kappa shape index (κ1) is 17.5. The predicted molar refractivity (Wildman–Crippen MR) is 96.3 cm³/mol. The SMILES string of the molecule is COc1ccc(CO[C@H]2[C@@H](OCc3ccccc3)C=CO[C@@H]2C)cc1. The lowest BCUT2D eigenvalue weighted by Gasteiger charge is -2.32. The van der Waals surface area contributed by atoms with Crippen LogP contribution >= 0.6 is 0 Å². The van der Waals surface area contributed by atoms with Gasteiger partial charge in [0.15, 0.2) is 0 Å². The summed E-state index contributed by atoms with van der Waals surface area (Å²) in [4.78, 5) is 0. The largest absolute Gasteiger partial charge is 0.497 e. The zero-order valence-electron chi connectivity index (χ0n) is 14.6. The van der Waals surface area contributed by atoms with Gasteiger partial charge in [-0.05, 0) is 36.3 Å². The molecule has 0 aromatic heterocycles. The molecular weight excluding hydrogens is 316 g/mol. The summed E-state index contributed by atoms with van der Waals surface area (Å²) in [5, 5.41) is 0. The monoisotopic (exact) mass is 340 g/mol. The normalized spacial score (nSPS) is 22.4. The molecule has 0 N–H and O–H groups in total.